The van der Waals surface area contributed by atoms with E-state index in [2.05, 4.69) is 0 Å². The Hall–Kier alpha value is -2.16. The highest BCUT2D eigenvalue weighted by atomic mass is 19.1. The van der Waals surface area contributed by atoms with Crippen molar-refractivity contribution >= 4 is 11.4 Å². The Bertz CT molecular complexity index is 470. The molecule has 0 N–H and O–H groups in total. The summed E-state index contributed by atoms with van der Waals surface area (Å²) in [4.78, 5) is 11.8. The summed E-state index contributed by atoms with van der Waals surface area (Å²) >= 11 is 0. The van der Waals surface area contributed by atoms with Crippen LogP contribution >= 0.6 is 0 Å². The number of nitro benzene ring substituents is 1. The molecule has 1 aromatic rings. The van der Waals surface area contributed by atoms with Crippen LogP contribution in [0.25, 0.3) is 0 Å². The maximum absolute atomic E-state index is 12.9. The molecule has 0 aromatic heterocycles. The summed E-state index contributed by atoms with van der Waals surface area (Å²) in [5.41, 5.74) is 0.0106. The summed E-state index contributed by atoms with van der Waals surface area (Å²) in [6.45, 7) is 1.77. The van der Waals surface area contributed by atoms with Crippen LogP contribution in [0.5, 0.6) is 0 Å². The zero-order chi connectivity index (χ0) is 13.0. The Morgan fingerprint density at radius 2 is 2.29 bits per heavy atom. The van der Waals surface area contributed by atoms with Gasteiger partial charge in [-0.25, -0.2) is 4.39 Å². The number of rotatable bonds is 4. The third kappa shape index (κ3) is 2.91. The van der Waals surface area contributed by atoms with Crippen molar-refractivity contribution < 1.29 is 9.31 Å². The molecule has 0 bridgehead atoms. The highest BCUT2D eigenvalue weighted by molar-refractivity contribution is 5.63. The number of halogens is 1. The van der Waals surface area contributed by atoms with Gasteiger partial charge in [0.1, 0.15) is 11.5 Å². The smallest absolute Gasteiger partial charge is 0.295 e. The topological polar surface area (TPSA) is 70.2 Å². The molecule has 0 aliphatic heterocycles. The highest BCUT2D eigenvalue weighted by Crippen LogP contribution is 2.29. The molecule has 90 valence electrons. The number of hydrogen-bond acceptors (Lipinski definition) is 4. The maximum Gasteiger partial charge on any atom is 0.295 e. The first-order valence-electron chi connectivity index (χ1n) is 5.01. The highest BCUT2D eigenvalue weighted by Gasteiger charge is 2.21. The second kappa shape index (κ2) is 5.25. The molecular formula is C11H12FN3O2. The molecular weight excluding hydrogens is 225 g/mol. The molecule has 5 nitrogen and oxygen atoms in total. The first-order valence-corrected chi connectivity index (χ1v) is 5.01. The third-order valence-electron chi connectivity index (χ3n) is 2.56. The molecule has 17 heavy (non-hydrogen) atoms. The first kappa shape index (κ1) is 12.9. The monoisotopic (exact) mass is 237 g/mol. The fourth-order valence-electron chi connectivity index (χ4n) is 1.45. The maximum atomic E-state index is 12.9. The van der Waals surface area contributed by atoms with Crippen LogP contribution in [0.4, 0.5) is 15.8 Å². The van der Waals surface area contributed by atoms with Gasteiger partial charge in [0.2, 0.25) is 0 Å². The molecule has 0 saturated carbocycles. The average molecular weight is 237 g/mol. The lowest BCUT2D eigenvalue weighted by molar-refractivity contribution is -0.384. The number of nitriles is 1. The number of nitro groups is 1. The van der Waals surface area contributed by atoms with E-state index >= 15 is 0 Å². The van der Waals surface area contributed by atoms with Crippen LogP contribution < -0.4 is 4.90 Å². The average Bonchev–Trinajstić information content (AvgIpc) is 2.28. The van der Waals surface area contributed by atoms with E-state index in [4.69, 9.17) is 5.26 Å². The number of benzene rings is 1. The molecule has 1 unspecified atom stereocenters. The SMILES string of the molecule is CC(CC#N)N(C)c1ccc(F)cc1[N+](=O)[O-]. The Labute approximate surface area is 98.2 Å². The van der Waals surface area contributed by atoms with Crippen molar-refractivity contribution in [1.82, 2.24) is 0 Å². The minimum Gasteiger partial charge on any atom is -0.365 e. The molecule has 1 atom stereocenters. The van der Waals surface area contributed by atoms with Gasteiger partial charge in [-0.3, -0.25) is 10.1 Å². The summed E-state index contributed by atoms with van der Waals surface area (Å²) in [5.74, 6) is -0.651. The van der Waals surface area contributed by atoms with Gasteiger partial charge in [0, 0.05) is 13.1 Å². The lowest BCUT2D eigenvalue weighted by Gasteiger charge is -2.24. The third-order valence-corrected chi connectivity index (χ3v) is 2.56. The van der Waals surface area contributed by atoms with Crippen molar-refractivity contribution in [2.75, 3.05) is 11.9 Å². The second-order valence-corrected chi connectivity index (χ2v) is 3.71. The fourth-order valence-corrected chi connectivity index (χ4v) is 1.45. The molecule has 0 aliphatic carbocycles. The lowest BCUT2D eigenvalue weighted by atomic mass is 10.1. The zero-order valence-electron chi connectivity index (χ0n) is 9.55. The zero-order valence-corrected chi connectivity index (χ0v) is 9.55. The van der Waals surface area contributed by atoms with Gasteiger partial charge in [-0.05, 0) is 19.1 Å². The normalized spacial score (nSPS) is 11.6. The summed E-state index contributed by atoms with van der Waals surface area (Å²) in [6, 6.07) is 5.21. The summed E-state index contributed by atoms with van der Waals surface area (Å²) in [7, 11) is 1.64. The van der Waals surface area contributed by atoms with E-state index in [1.54, 1.807) is 18.9 Å². The quantitative estimate of drug-likeness (QED) is 0.595. The Morgan fingerprint density at radius 1 is 1.65 bits per heavy atom. The first-order chi connectivity index (χ1) is 7.97. The van der Waals surface area contributed by atoms with Gasteiger partial charge < -0.3 is 4.90 Å². The van der Waals surface area contributed by atoms with Crippen LogP contribution in [-0.2, 0) is 0 Å². The van der Waals surface area contributed by atoms with Crippen LogP contribution in [0.1, 0.15) is 13.3 Å². The standard InChI is InChI=1S/C11H12FN3O2/c1-8(5-6-13)14(2)10-4-3-9(12)7-11(10)15(16)17/h3-4,7-8H,5H2,1-2H3. The summed E-state index contributed by atoms with van der Waals surface area (Å²) in [6.07, 6.45) is 0.241. The van der Waals surface area contributed by atoms with Crippen LogP contribution in [0.3, 0.4) is 0 Å². The minimum atomic E-state index is -0.651. The van der Waals surface area contributed by atoms with E-state index in [9.17, 15) is 14.5 Å². The van der Waals surface area contributed by atoms with Gasteiger partial charge in [0.15, 0.2) is 0 Å². The fraction of sp³-hybridized carbons (Fsp3) is 0.364. The Morgan fingerprint density at radius 3 is 2.82 bits per heavy atom. The number of hydrogen-bond donors (Lipinski definition) is 0. The van der Waals surface area contributed by atoms with Gasteiger partial charge >= 0.3 is 0 Å². The van der Waals surface area contributed by atoms with E-state index in [0.29, 0.717) is 5.69 Å². The van der Waals surface area contributed by atoms with Crippen LogP contribution in [0, 0.1) is 27.3 Å². The van der Waals surface area contributed by atoms with Gasteiger partial charge in [0.25, 0.3) is 5.69 Å². The predicted octanol–water partition coefficient (Wildman–Crippen LogP) is 2.47. The molecule has 1 aromatic carbocycles. The molecule has 0 amide bonds. The van der Waals surface area contributed by atoms with Gasteiger partial charge in [0.05, 0.1) is 23.5 Å². The number of nitrogens with zero attached hydrogens (tertiary/aromatic N) is 3. The molecule has 0 heterocycles. The van der Waals surface area contributed by atoms with E-state index < -0.39 is 10.7 Å². The van der Waals surface area contributed by atoms with E-state index in [1.807, 2.05) is 6.07 Å². The number of anilines is 1. The molecule has 6 heteroatoms. The molecule has 0 saturated heterocycles. The van der Waals surface area contributed by atoms with E-state index in [0.717, 1.165) is 12.1 Å². The van der Waals surface area contributed by atoms with Gasteiger partial charge in [-0.15, -0.1) is 0 Å². The van der Waals surface area contributed by atoms with E-state index in [1.165, 1.54) is 6.07 Å². The molecule has 0 spiro atoms. The predicted molar refractivity (Wildman–Crippen MR) is 61.1 cm³/mol. The minimum absolute atomic E-state index is 0.177. The van der Waals surface area contributed by atoms with Gasteiger partial charge in [-0.1, -0.05) is 0 Å². The van der Waals surface area contributed by atoms with Crippen molar-refractivity contribution in [3.63, 3.8) is 0 Å². The molecule has 0 fully saturated rings. The summed E-state index contributed by atoms with van der Waals surface area (Å²) in [5, 5.41) is 19.4. The van der Waals surface area contributed by atoms with Crippen molar-refractivity contribution in [3.05, 3.63) is 34.1 Å². The van der Waals surface area contributed by atoms with Crippen LogP contribution in [-0.4, -0.2) is 18.0 Å². The molecule has 0 aliphatic rings. The van der Waals surface area contributed by atoms with Crippen molar-refractivity contribution in [3.8, 4) is 6.07 Å². The van der Waals surface area contributed by atoms with Crippen molar-refractivity contribution in [2.24, 2.45) is 0 Å². The molecule has 0 radical (unpaired) electrons. The molecule has 1 rings (SSSR count). The Balaban J connectivity index is 3.13. The Kier molecular flexibility index (Phi) is 3.99. The van der Waals surface area contributed by atoms with Crippen molar-refractivity contribution in [2.45, 2.75) is 19.4 Å². The largest absolute Gasteiger partial charge is 0.365 e. The van der Waals surface area contributed by atoms with Crippen LogP contribution in [0.15, 0.2) is 18.2 Å². The van der Waals surface area contributed by atoms with Gasteiger partial charge in [-0.2, -0.15) is 5.26 Å². The van der Waals surface area contributed by atoms with Crippen LogP contribution in [0.2, 0.25) is 0 Å². The van der Waals surface area contributed by atoms with Crippen molar-refractivity contribution in [1.29, 1.82) is 5.26 Å². The summed E-state index contributed by atoms with van der Waals surface area (Å²) < 4.78 is 12.9. The van der Waals surface area contributed by atoms with E-state index in [-0.39, 0.29) is 18.2 Å². The second-order valence-electron chi connectivity index (χ2n) is 3.71. The lowest BCUT2D eigenvalue weighted by Crippen LogP contribution is -2.28.